The lowest BCUT2D eigenvalue weighted by Gasteiger charge is -2.14. The zero-order chi connectivity index (χ0) is 11.1. The highest BCUT2D eigenvalue weighted by Crippen LogP contribution is 2.25. The zero-order valence-corrected chi connectivity index (χ0v) is 10.1. The van der Waals surface area contributed by atoms with Crippen LogP contribution in [-0.2, 0) is 0 Å². The van der Waals surface area contributed by atoms with Gasteiger partial charge >= 0.3 is 0 Å². The fourth-order valence-electron chi connectivity index (χ4n) is 2.42. The first-order valence-corrected chi connectivity index (χ1v) is 6.68. The van der Waals surface area contributed by atoms with E-state index in [9.17, 15) is 0 Å². The van der Waals surface area contributed by atoms with Gasteiger partial charge in [-0.05, 0) is 62.5 Å². The van der Waals surface area contributed by atoms with Crippen LogP contribution in [0.15, 0.2) is 47.6 Å². The molecule has 0 heteroatoms. The predicted octanol–water partition coefficient (Wildman–Crippen LogP) is 5.10. The first-order chi connectivity index (χ1) is 7.97. The van der Waals surface area contributed by atoms with Crippen LogP contribution in [-0.4, -0.2) is 0 Å². The van der Waals surface area contributed by atoms with Crippen LogP contribution in [0.25, 0.3) is 0 Å². The molecular weight excluding hydrogens is 192 g/mol. The fraction of sp³-hybridized carbons (Fsp3) is 0.500. The first kappa shape index (κ1) is 11.4. The van der Waals surface area contributed by atoms with E-state index in [-0.39, 0.29) is 0 Å². The van der Waals surface area contributed by atoms with Gasteiger partial charge in [-0.25, -0.2) is 0 Å². The van der Waals surface area contributed by atoms with Crippen LogP contribution in [0.4, 0.5) is 0 Å². The molecular formula is C16H22. The predicted molar refractivity (Wildman–Crippen MR) is 71.4 cm³/mol. The van der Waals surface area contributed by atoms with E-state index in [0.717, 1.165) is 0 Å². The molecule has 0 atom stereocenters. The molecule has 0 saturated carbocycles. The molecule has 0 bridgehead atoms. The molecule has 0 N–H and O–H groups in total. The zero-order valence-electron chi connectivity index (χ0n) is 10.1. The maximum atomic E-state index is 2.33. The summed E-state index contributed by atoms with van der Waals surface area (Å²) in [5.41, 5.74) is 3.14. The van der Waals surface area contributed by atoms with E-state index in [1.807, 2.05) is 0 Å². The Hall–Kier alpha value is -1.04. The Morgan fingerprint density at radius 3 is 1.62 bits per heavy atom. The van der Waals surface area contributed by atoms with Crippen molar-refractivity contribution in [2.75, 3.05) is 0 Å². The molecule has 2 aliphatic rings. The highest BCUT2D eigenvalue weighted by molar-refractivity contribution is 5.36. The molecule has 0 unspecified atom stereocenters. The quantitative estimate of drug-likeness (QED) is 0.569. The smallest absolute Gasteiger partial charge is 0.0276 e. The molecule has 0 aromatic rings. The summed E-state index contributed by atoms with van der Waals surface area (Å²) >= 11 is 0. The highest BCUT2D eigenvalue weighted by atomic mass is 14.1. The minimum Gasteiger partial charge on any atom is -0.0845 e. The van der Waals surface area contributed by atoms with Crippen LogP contribution in [0.5, 0.6) is 0 Å². The van der Waals surface area contributed by atoms with Crippen LogP contribution in [0.1, 0.15) is 51.4 Å². The van der Waals surface area contributed by atoms with Gasteiger partial charge in [-0.15, -0.1) is 0 Å². The van der Waals surface area contributed by atoms with Gasteiger partial charge in [0.1, 0.15) is 0 Å². The lowest BCUT2D eigenvalue weighted by Crippen LogP contribution is -1.94. The lowest BCUT2D eigenvalue weighted by molar-refractivity contribution is 0.709. The van der Waals surface area contributed by atoms with Crippen molar-refractivity contribution in [2.24, 2.45) is 0 Å². The van der Waals surface area contributed by atoms with Crippen LogP contribution in [0, 0.1) is 0 Å². The normalized spacial score (nSPS) is 22.5. The molecule has 2 rings (SSSR count). The molecule has 2 aliphatic carbocycles. The van der Waals surface area contributed by atoms with Gasteiger partial charge < -0.3 is 0 Å². The van der Waals surface area contributed by atoms with Crippen molar-refractivity contribution in [1.82, 2.24) is 0 Å². The second-order valence-electron chi connectivity index (χ2n) is 4.73. The van der Waals surface area contributed by atoms with E-state index in [1.165, 1.54) is 51.4 Å². The molecule has 0 saturated heterocycles. The van der Waals surface area contributed by atoms with Crippen molar-refractivity contribution in [3.63, 3.8) is 0 Å². The molecule has 0 radical (unpaired) electrons. The SMILES string of the molecule is C1=CCCCCC(C2=CC=CCCCC2)=C1. The van der Waals surface area contributed by atoms with Gasteiger partial charge in [-0.2, -0.15) is 0 Å². The van der Waals surface area contributed by atoms with Crippen molar-refractivity contribution in [3.05, 3.63) is 47.6 Å². The van der Waals surface area contributed by atoms with Crippen molar-refractivity contribution in [2.45, 2.75) is 51.4 Å². The molecule has 0 aromatic heterocycles. The van der Waals surface area contributed by atoms with Gasteiger partial charge in [0.2, 0.25) is 0 Å². The standard InChI is InChI=1S/C16H22/c1-3-7-11-15(12-8-4-1)16-13-9-5-2-6-10-14-16/h3,5,7,9,11,13H,1-2,4,6,8,10,12,14H2. The average Bonchev–Trinajstić information content (AvgIpc) is 2.18. The number of allylic oxidation sites excluding steroid dienone is 8. The Morgan fingerprint density at radius 2 is 1.12 bits per heavy atom. The summed E-state index contributed by atoms with van der Waals surface area (Å²) in [5.74, 6) is 0. The second kappa shape index (κ2) is 6.52. The molecule has 0 aromatic carbocycles. The van der Waals surface area contributed by atoms with E-state index >= 15 is 0 Å². The minimum absolute atomic E-state index is 1.25. The van der Waals surface area contributed by atoms with Gasteiger partial charge in [-0.3, -0.25) is 0 Å². The summed E-state index contributed by atoms with van der Waals surface area (Å²) in [7, 11) is 0. The van der Waals surface area contributed by atoms with E-state index in [2.05, 4.69) is 36.5 Å². The number of hydrogen-bond donors (Lipinski definition) is 0. The molecule has 0 aliphatic heterocycles. The fourth-order valence-corrected chi connectivity index (χ4v) is 2.42. The molecule has 0 heterocycles. The van der Waals surface area contributed by atoms with E-state index in [1.54, 1.807) is 11.1 Å². The topological polar surface area (TPSA) is 0 Å². The molecule has 0 fully saturated rings. The number of hydrogen-bond acceptors (Lipinski definition) is 0. The van der Waals surface area contributed by atoms with E-state index in [0.29, 0.717) is 0 Å². The van der Waals surface area contributed by atoms with E-state index < -0.39 is 0 Å². The van der Waals surface area contributed by atoms with Crippen molar-refractivity contribution in [3.8, 4) is 0 Å². The molecule has 86 valence electrons. The minimum atomic E-state index is 1.25. The Morgan fingerprint density at radius 1 is 0.625 bits per heavy atom. The average molecular weight is 214 g/mol. The van der Waals surface area contributed by atoms with Gasteiger partial charge in [0.25, 0.3) is 0 Å². The van der Waals surface area contributed by atoms with Crippen LogP contribution < -0.4 is 0 Å². The summed E-state index contributed by atoms with van der Waals surface area (Å²) in [6, 6.07) is 0. The van der Waals surface area contributed by atoms with Gasteiger partial charge in [0.05, 0.1) is 0 Å². The largest absolute Gasteiger partial charge is 0.0845 e. The van der Waals surface area contributed by atoms with Crippen LogP contribution in [0.2, 0.25) is 0 Å². The van der Waals surface area contributed by atoms with Gasteiger partial charge in [0, 0.05) is 0 Å². The maximum Gasteiger partial charge on any atom is -0.0276 e. The Kier molecular flexibility index (Phi) is 4.67. The van der Waals surface area contributed by atoms with Gasteiger partial charge in [-0.1, -0.05) is 36.5 Å². The summed E-state index contributed by atoms with van der Waals surface area (Å²) in [6.07, 6.45) is 24.2. The summed E-state index contributed by atoms with van der Waals surface area (Å²) in [5, 5.41) is 0. The number of rotatable bonds is 1. The van der Waals surface area contributed by atoms with Crippen LogP contribution >= 0.6 is 0 Å². The highest BCUT2D eigenvalue weighted by Gasteiger charge is 2.06. The Labute approximate surface area is 99.4 Å². The van der Waals surface area contributed by atoms with Gasteiger partial charge in [0.15, 0.2) is 0 Å². The van der Waals surface area contributed by atoms with Crippen LogP contribution in [0.3, 0.4) is 0 Å². The van der Waals surface area contributed by atoms with Crippen molar-refractivity contribution in [1.29, 1.82) is 0 Å². The molecule has 16 heavy (non-hydrogen) atoms. The second-order valence-corrected chi connectivity index (χ2v) is 4.73. The third kappa shape index (κ3) is 3.52. The lowest BCUT2D eigenvalue weighted by atomic mass is 9.92. The molecule has 0 nitrogen and oxygen atoms in total. The van der Waals surface area contributed by atoms with Crippen molar-refractivity contribution < 1.29 is 0 Å². The molecule has 0 amide bonds. The Bertz CT molecular complexity index is 292. The Balaban J connectivity index is 2.13. The van der Waals surface area contributed by atoms with E-state index in [4.69, 9.17) is 0 Å². The summed E-state index contributed by atoms with van der Waals surface area (Å²) in [6.45, 7) is 0. The monoisotopic (exact) mass is 214 g/mol. The third-order valence-corrected chi connectivity index (χ3v) is 3.41. The summed E-state index contributed by atoms with van der Waals surface area (Å²) < 4.78 is 0. The maximum absolute atomic E-state index is 2.33. The first-order valence-electron chi connectivity index (χ1n) is 6.68. The molecule has 0 spiro atoms. The van der Waals surface area contributed by atoms with Crippen molar-refractivity contribution >= 4 is 0 Å². The summed E-state index contributed by atoms with van der Waals surface area (Å²) in [4.78, 5) is 0. The third-order valence-electron chi connectivity index (χ3n) is 3.41.